The Labute approximate surface area is 109 Å². The smallest absolute Gasteiger partial charge is 0.266 e. The molecule has 0 fully saturated rings. The van der Waals surface area contributed by atoms with E-state index in [0.717, 1.165) is 0 Å². The molecule has 94 valence electrons. The van der Waals surface area contributed by atoms with Gasteiger partial charge in [-0.25, -0.2) is 8.78 Å². The van der Waals surface area contributed by atoms with Gasteiger partial charge in [0.2, 0.25) is 0 Å². The second kappa shape index (κ2) is 3.22. The molecule has 4 heteroatoms. The van der Waals surface area contributed by atoms with Crippen molar-refractivity contribution in [3.05, 3.63) is 27.7 Å². The maximum Gasteiger partial charge on any atom is 0.266 e. The highest BCUT2D eigenvalue weighted by Crippen LogP contribution is 2.60. The minimum atomic E-state index is -2.80. The van der Waals surface area contributed by atoms with E-state index in [1.165, 1.54) is 0 Å². The quantitative estimate of drug-likeness (QED) is 0.713. The second-order valence-corrected chi connectivity index (χ2v) is 6.60. The van der Waals surface area contributed by atoms with Crippen molar-refractivity contribution < 1.29 is 8.78 Å². The van der Waals surface area contributed by atoms with Crippen LogP contribution in [0.25, 0.3) is 0 Å². The highest BCUT2D eigenvalue weighted by molar-refractivity contribution is 9.10. The van der Waals surface area contributed by atoms with Crippen molar-refractivity contribution in [2.75, 3.05) is 5.73 Å². The van der Waals surface area contributed by atoms with Crippen molar-refractivity contribution in [1.82, 2.24) is 0 Å². The first-order valence-electron chi connectivity index (χ1n) is 5.51. The van der Waals surface area contributed by atoms with E-state index in [0.29, 0.717) is 21.3 Å². The van der Waals surface area contributed by atoms with Gasteiger partial charge in [-0.3, -0.25) is 0 Å². The fraction of sp³-hybridized carbons (Fsp3) is 0.538. The molecule has 1 nitrogen and oxygen atoms in total. The maximum atomic E-state index is 14.5. The molecule has 17 heavy (non-hydrogen) atoms. The average Bonchev–Trinajstić information content (AvgIpc) is 2.28. The predicted molar refractivity (Wildman–Crippen MR) is 69.6 cm³/mol. The van der Waals surface area contributed by atoms with E-state index in [2.05, 4.69) is 15.9 Å². The monoisotopic (exact) mass is 303 g/mol. The molecule has 2 N–H and O–H groups in total. The molecule has 0 radical (unpaired) electrons. The second-order valence-electron chi connectivity index (χ2n) is 5.74. The Kier molecular flexibility index (Phi) is 2.43. The number of alkyl halides is 2. The highest BCUT2D eigenvalue weighted by Gasteiger charge is 2.65. The molecule has 1 aromatic carbocycles. The van der Waals surface area contributed by atoms with Gasteiger partial charge in [0.1, 0.15) is 0 Å². The molecule has 0 unspecified atom stereocenters. The van der Waals surface area contributed by atoms with E-state index in [-0.39, 0.29) is 0 Å². The first-order chi connectivity index (χ1) is 7.53. The topological polar surface area (TPSA) is 26.0 Å². The van der Waals surface area contributed by atoms with Crippen molar-refractivity contribution in [1.29, 1.82) is 0 Å². The van der Waals surface area contributed by atoms with Crippen LogP contribution in [0.1, 0.15) is 38.8 Å². The van der Waals surface area contributed by atoms with Crippen LogP contribution in [0.4, 0.5) is 14.5 Å². The molecule has 1 aromatic rings. The molecule has 0 aromatic heterocycles. The van der Waals surface area contributed by atoms with Crippen molar-refractivity contribution in [2.24, 2.45) is 0 Å². The van der Waals surface area contributed by atoms with E-state index in [9.17, 15) is 8.78 Å². The van der Waals surface area contributed by atoms with Crippen LogP contribution in [-0.4, -0.2) is 5.92 Å². The number of hydrogen-bond donors (Lipinski definition) is 1. The van der Waals surface area contributed by atoms with Crippen LogP contribution in [0.5, 0.6) is 0 Å². The summed E-state index contributed by atoms with van der Waals surface area (Å²) in [7, 11) is 0. The lowest BCUT2D eigenvalue weighted by atomic mass is 9.77. The zero-order valence-electron chi connectivity index (χ0n) is 10.4. The van der Waals surface area contributed by atoms with E-state index >= 15 is 0 Å². The third kappa shape index (κ3) is 1.33. The molecule has 0 heterocycles. The Hall–Kier alpha value is -0.640. The van der Waals surface area contributed by atoms with Crippen molar-refractivity contribution in [3.8, 4) is 0 Å². The number of anilines is 1. The first kappa shape index (κ1) is 12.8. The lowest BCUT2D eigenvalue weighted by Crippen LogP contribution is -2.46. The van der Waals surface area contributed by atoms with Gasteiger partial charge < -0.3 is 5.73 Å². The van der Waals surface area contributed by atoms with Crippen molar-refractivity contribution in [2.45, 2.75) is 44.4 Å². The fourth-order valence-electron chi connectivity index (χ4n) is 2.74. The fourth-order valence-corrected chi connectivity index (χ4v) is 3.09. The van der Waals surface area contributed by atoms with Gasteiger partial charge in [0, 0.05) is 10.2 Å². The zero-order chi connectivity index (χ0) is 13.2. The van der Waals surface area contributed by atoms with Crippen molar-refractivity contribution >= 4 is 21.6 Å². The lowest BCUT2D eigenvalue weighted by molar-refractivity contribution is -0.105. The highest BCUT2D eigenvalue weighted by atomic mass is 79.9. The molecule has 0 saturated carbocycles. The molecule has 1 aliphatic rings. The van der Waals surface area contributed by atoms with Crippen LogP contribution in [-0.2, 0) is 10.8 Å². The van der Waals surface area contributed by atoms with Gasteiger partial charge >= 0.3 is 0 Å². The van der Waals surface area contributed by atoms with Gasteiger partial charge in [-0.05, 0) is 66.9 Å². The van der Waals surface area contributed by atoms with Gasteiger partial charge in [0.25, 0.3) is 5.92 Å². The van der Waals surface area contributed by atoms with Gasteiger partial charge in [0.05, 0.1) is 10.8 Å². The van der Waals surface area contributed by atoms with Crippen LogP contribution in [0.15, 0.2) is 16.6 Å². The van der Waals surface area contributed by atoms with Gasteiger partial charge in [-0.15, -0.1) is 0 Å². The molecule has 0 bridgehead atoms. The number of benzene rings is 1. The normalized spacial score (nSPS) is 23.5. The van der Waals surface area contributed by atoms with Gasteiger partial charge in [-0.2, -0.15) is 0 Å². The standard InChI is InChI=1S/C13H16BrF2N/c1-11(2)7-5-9(14)10(17)6-8(7)12(3,4)13(11,15)16/h5-6H,17H2,1-4H3. The number of hydrogen-bond acceptors (Lipinski definition) is 1. The summed E-state index contributed by atoms with van der Waals surface area (Å²) in [5.74, 6) is -2.80. The lowest BCUT2D eigenvalue weighted by Gasteiger charge is -2.35. The van der Waals surface area contributed by atoms with E-state index in [1.807, 2.05) is 0 Å². The first-order valence-corrected chi connectivity index (χ1v) is 6.30. The maximum absolute atomic E-state index is 14.5. The SMILES string of the molecule is CC1(C)c2cc(N)c(Br)cc2C(C)(C)C1(F)F. The molecule has 2 rings (SSSR count). The van der Waals surface area contributed by atoms with Gasteiger partial charge in [0.15, 0.2) is 0 Å². The summed E-state index contributed by atoms with van der Waals surface area (Å²) < 4.78 is 29.7. The molecule has 1 aliphatic carbocycles. The average molecular weight is 304 g/mol. The van der Waals surface area contributed by atoms with E-state index in [4.69, 9.17) is 5.73 Å². The summed E-state index contributed by atoms with van der Waals surface area (Å²) in [6, 6.07) is 3.40. The zero-order valence-corrected chi connectivity index (χ0v) is 12.0. The van der Waals surface area contributed by atoms with Crippen LogP contribution >= 0.6 is 15.9 Å². The van der Waals surface area contributed by atoms with Crippen LogP contribution in [0.2, 0.25) is 0 Å². The molecule has 0 spiro atoms. The van der Waals surface area contributed by atoms with E-state index < -0.39 is 16.8 Å². The minimum absolute atomic E-state index is 0.505. The number of rotatable bonds is 0. The Balaban J connectivity index is 2.83. The Morgan fingerprint density at radius 2 is 1.41 bits per heavy atom. The molecule has 0 atom stereocenters. The third-order valence-electron chi connectivity index (χ3n) is 4.05. The molecular formula is C13H16BrF2N. The summed E-state index contributed by atoms with van der Waals surface area (Å²) >= 11 is 3.31. The molecule has 0 aliphatic heterocycles. The van der Waals surface area contributed by atoms with Gasteiger partial charge in [-0.1, -0.05) is 0 Å². The van der Waals surface area contributed by atoms with Crippen LogP contribution in [0.3, 0.4) is 0 Å². The van der Waals surface area contributed by atoms with Crippen molar-refractivity contribution in [3.63, 3.8) is 0 Å². The summed E-state index contributed by atoms with van der Waals surface area (Å²) in [5.41, 5.74) is 5.25. The minimum Gasteiger partial charge on any atom is -0.398 e. The Morgan fingerprint density at radius 1 is 1.00 bits per heavy atom. The van der Waals surface area contributed by atoms with E-state index in [1.54, 1.807) is 39.8 Å². The third-order valence-corrected chi connectivity index (χ3v) is 4.74. The number of halogens is 3. The Morgan fingerprint density at radius 3 is 1.88 bits per heavy atom. The number of nitrogens with two attached hydrogens (primary N) is 1. The summed E-state index contributed by atoms with van der Waals surface area (Å²) in [4.78, 5) is 0. The largest absolute Gasteiger partial charge is 0.398 e. The number of fused-ring (bicyclic) bond motifs is 1. The number of nitrogen functional groups attached to an aromatic ring is 1. The molecule has 0 amide bonds. The summed E-state index contributed by atoms with van der Waals surface area (Å²) in [5, 5.41) is 0. The van der Waals surface area contributed by atoms with Crippen LogP contribution < -0.4 is 5.73 Å². The van der Waals surface area contributed by atoms with Crippen LogP contribution in [0, 0.1) is 0 Å². The summed E-state index contributed by atoms with van der Waals surface area (Å²) in [6.07, 6.45) is 0. The molecular weight excluding hydrogens is 288 g/mol. The molecule has 0 saturated heterocycles. The predicted octanol–water partition coefficient (Wildman–Crippen LogP) is 4.24. The Bertz CT molecular complexity index is 449. The summed E-state index contributed by atoms with van der Waals surface area (Å²) in [6.45, 7) is 6.33.